The Bertz CT molecular complexity index is 1270. The third-order valence-electron chi connectivity index (χ3n) is 6.11. The summed E-state index contributed by atoms with van der Waals surface area (Å²) >= 11 is 1.62. The number of hydrogen-bond acceptors (Lipinski definition) is 4. The zero-order chi connectivity index (χ0) is 22.1. The molecule has 0 saturated heterocycles. The van der Waals surface area contributed by atoms with Gasteiger partial charge in [0.25, 0.3) is 0 Å². The van der Waals surface area contributed by atoms with Crippen LogP contribution in [0.1, 0.15) is 37.3 Å². The van der Waals surface area contributed by atoms with Crippen molar-refractivity contribution >= 4 is 34.0 Å². The second-order valence-electron chi connectivity index (χ2n) is 8.06. The molecule has 6 heteroatoms. The van der Waals surface area contributed by atoms with E-state index in [1.54, 1.807) is 24.0 Å². The van der Waals surface area contributed by atoms with Gasteiger partial charge in [-0.1, -0.05) is 43.2 Å². The maximum absolute atomic E-state index is 15.7. The van der Waals surface area contributed by atoms with Crippen LogP contribution in [0.25, 0.3) is 22.2 Å². The molecular weight excluding hydrogens is 424 g/mol. The number of nitrogens with zero attached hydrogens (tertiary/aromatic N) is 2. The van der Waals surface area contributed by atoms with Gasteiger partial charge in [0.2, 0.25) is 0 Å². The topological polar surface area (TPSA) is 37.8 Å². The van der Waals surface area contributed by atoms with Crippen molar-refractivity contribution in [3.8, 4) is 11.3 Å². The van der Waals surface area contributed by atoms with Gasteiger partial charge in [-0.15, -0.1) is 11.8 Å². The number of nitrogens with one attached hydrogen (secondary N) is 1. The molecule has 2 heterocycles. The van der Waals surface area contributed by atoms with Crippen molar-refractivity contribution in [2.45, 2.75) is 36.5 Å². The highest BCUT2D eigenvalue weighted by Gasteiger charge is 2.26. The number of thioether (sulfide) groups is 1. The summed E-state index contributed by atoms with van der Waals surface area (Å²) in [7, 11) is 0. The smallest absolute Gasteiger partial charge is 0.172 e. The van der Waals surface area contributed by atoms with E-state index in [2.05, 4.69) is 15.3 Å². The molecular formula is C26H23F2N3S. The summed E-state index contributed by atoms with van der Waals surface area (Å²) in [4.78, 5) is 9.97. The average molecular weight is 448 g/mol. The molecule has 1 aliphatic rings. The third-order valence-corrected chi connectivity index (χ3v) is 6.86. The van der Waals surface area contributed by atoms with Gasteiger partial charge in [0.05, 0.1) is 22.6 Å². The monoisotopic (exact) mass is 447 g/mol. The molecule has 5 rings (SSSR count). The largest absolute Gasteiger partial charge is 0.350 e. The van der Waals surface area contributed by atoms with Crippen molar-refractivity contribution in [2.24, 2.45) is 0 Å². The van der Waals surface area contributed by atoms with Crippen LogP contribution in [0.5, 0.6) is 0 Å². The van der Waals surface area contributed by atoms with E-state index in [9.17, 15) is 0 Å². The molecule has 4 aromatic rings. The molecule has 0 bridgehead atoms. The highest BCUT2D eigenvalue weighted by Crippen LogP contribution is 2.40. The number of fused-ring (bicyclic) bond motifs is 1. The van der Waals surface area contributed by atoms with Crippen LogP contribution in [-0.2, 0) is 0 Å². The Morgan fingerprint density at radius 1 is 0.938 bits per heavy atom. The Morgan fingerprint density at radius 2 is 1.69 bits per heavy atom. The highest BCUT2D eigenvalue weighted by atomic mass is 32.2. The first-order valence-corrected chi connectivity index (χ1v) is 12.0. The fraction of sp³-hybridized carbons (Fsp3) is 0.231. The zero-order valence-electron chi connectivity index (χ0n) is 17.7. The average Bonchev–Trinajstić information content (AvgIpc) is 3.37. The molecule has 32 heavy (non-hydrogen) atoms. The Morgan fingerprint density at radius 3 is 2.44 bits per heavy atom. The summed E-state index contributed by atoms with van der Waals surface area (Å²) in [5.74, 6) is -0.794. The van der Waals surface area contributed by atoms with Gasteiger partial charge in [0.1, 0.15) is 5.69 Å². The lowest BCUT2D eigenvalue weighted by atomic mass is 10.00. The van der Waals surface area contributed by atoms with Gasteiger partial charge < -0.3 is 5.32 Å². The van der Waals surface area contributed by atoms with Crippen molar-refractivity contribution < 1.29 is 8.78 Å². The first-order chi connectivity index (χ1) is 15.7. The maximum atomic E-state index is 15.7. The van der Waals surface area contributed by atoms with Crippen LogP contribution >= 0.6 is 11.8 Å². The minimum absolute atomic E-state index is 0.105. The van der Waals surface area contributed by atoms with Gasteiger partial charge >= 0.3 is 0 Å². The van der Waals surface area contributed by atoms with E-state index in [-0.39, 0.29) is 23.0 Å². The molecule has 2 aromatic carbocycles. The van der Waals surface area contributed by atoms with E-state index in [0.717, 1.165) is 30.6 Å². The standard InChI is InChI=1S/C26H23F2N3S/c1-32-18-12-10-17(11-13-18)24-22(27)21(14-15-29-24)31-26-19-8-4-5-9-20(19)30-25(23(26)28)16-6-2-3-7-16/h4-5,8-16H,2-3,6-7H2,1H3,(H,29,30,31). The minimum Gasteiger partial charge on any atom is -0.350 e. The van der Waals surface area contributed by atoms with Gasteiger partial charge in [-0.3, -0.25) is 4.98 Å². The van der Waals surface area contributed by atoms with Crippen molar-refractivity contribution in [3.63, 3.8) is 0 Å². The Labute approximate surface area is 190 Å². The molecule has 0 aliphatic heterocycles. The Balaban J connectivity index is 1.59. The van der Waals surface area contributed by atoms with Crippen LogP contribution in [0.2, 0.25) is 0 Å². The molecule has 1 aliphatic carbocycles. The number of anilines is 2. The molecule has 0 spiro atoms. The predicted molar refractivity (Wildman–Crippen MR) is 128 cm³/mol. The minimum atomic E-state index is -0.507. The summed E-state index contributed by atoms with van der Waals surface area (Å²) in [6.07, 6.45) is 7.56. The number of aromatic nitrogens is 2. The van der Waals surface area contributed by atoms with Crippen LogP contribution in [0.15, 0.2) is 65.7 Å². The van der Waals surface area contributed by atoms with E-state index in [0.29, 0.717) is 22.2 Å². The second-order valence-corrected chi connectivity index (χ2v) is 8.94. The fourth-order valence-corrected chi connectivity index (χ4v) is 4.83. The summed E-state index contributed by atoms with van der Waals surface area (Å²) in [6.45, 7) is 0. The molecule has 2 aromatic heterocycles. The molecule has 162 valence electrons. The predicted octanol–water partition coefficient (Wildman–Crippen LogP) is 7.70. The first kappa shape index (κ1) is 20.9. The summed E-state index contributed by atoms with van der Waals surface area (Å²) in [6, 6.07) is 16.5. The van der Waals surface area contributed by atoms with Gasteiger partial charge in [-0.2, -0.15) is 0 Å². The van der Waals surface area contributed by atoms with Crippen LogP contribution in [0, 0.1) is 11.6 Å². The third kappa shape index (κ3) is 3.84. The van der Waals surface area contributed by atoms with Crippen molar-refractivity contribution in [1.29, 1.82) is 0 Å². The second kappa shape index (κ2) is 8.87. The molecule has 1 fully saturated rings. The number of para-hydroxylation sites is 1. The molecule has 0 radical (unpaired) electrons. The number of pyridine rings is 2. The molecule has 3 nitrogen and oxygen atoms in total. The van der Waals surface area contributed by atoms with Crippen LogP contribution in [0.4, 0.5) is 20.2 Å². The summed E-state index contributed by atoms with van der Waals surface area (Å²) in [5, 5.41) is 3.68. The van der Waals surface area contributed by atoms with Crippen LogP contribution < -0.4 is 5.32 Å². The molecule has 1 N–H and O–H groups in total. The number of halogens is 2. The normalized spacial score (nSPS) is 14.2. The van der Waals surface area contributed by atoms with Crippen LogP contribution in [0.3, 0.4) is 0 Å². The highest BCUT2D eigenvalue weighted by molar-refractivity contribution is 7.98. The van der Waals surface area contributed by atoms with Crippen molar-refractivity contribution in [2.75, 3.05) is 11.6 Å². The quantitative estimate of drug-likeness (QED) is 0.318. The van der Waals surface area contributed by atoms with Gasteiger partial charge in [0, 0.05) is 28.0 Å². The van der Waals surface area contributed by atoms with E-state index < -0.39 is 11.6 Å². The van der Waals surface area contributed by atoms with E-state index in [4.69, 9.17) is 0 Å². The van der Waals surface area contributed by atoms with E-state index >= 15 is 8.78 Å². The lowest BCUT2D eigenvalue weighted by molar-refractivity contribution is 0.570. The molecule has 0 unspecified atom stereocenters. The fourth-order valence-electron chi connectivity index (χ4n) is 4.42. The number of rotatable bonds is 5. The van der Waals surface area contributed by atoms with E-state index in [1.807, 2.05) is 54.8 Å². The van der Waals surface area contributed by atoms with Gasteiger partial charge in [0.15, 0.2) is 11.6 Å². The SMILES string of the molecule is CSc1ccc(-c2nccc(Nc3c(F)c(C4CCCC4)nc4ccccc34)c2F)cc1. The van der Waals surface area contributed by atoms with Gasteiger partial charge in [-0.05, 0) is 43.4 Å². The summed E-state index contributed by atoms with van der Waals surface area (Å²) < 4.78 is 31.2. The molecule has 1 saturated carbocycles. The lowest BCUT2D eigenvalue weighted by Gasteiger charge is -2.17. The van der Waals surface area contributed by atoms with E-state index in [1.165, 1.54) is 0 Å². The molecule has 0 atom stereocenters. The van der Waals surface area contributed by atoms with Gasteiger partial charge in [-0.25, -0.2) is 13.8 Å². The Kier molecular flexibility index (Phi) is 5.79. The number of hydrogen-bond donors (Lipinski definition) is 1. The molecule has 0 amide bonds. The summed E-state index contributed by atoms with van der Waals surface area (Å²) in [5.41, 5.74) is 2.56. The maximum Gasteiger partial charge on any atom is 0.172 e. The zero-order valence-corrected chi connectivity index (χ0v) is 18.6. The Hall–Kier alpha value is -2.99. The van der Waals surface area contributed by atoms with Crippen molar-refractivity contribution in [1.82, 2.24) is 9.97 Å². The first-order valence-electron chi connectivity index (χ1n) is 10.8. The van der Waals surface area contributed by atoms with Crippen LogP contribution in [-0.4, -0.2) is 16.2 Å². The number of benzene rings is 2. The lowest BCUT2D eigenvalue weighted by Crippen LogP contribution is -2.07. The van der Waals surface area contributed by atoms with Crippen molar-refractivity contribution in [3.05, 3.63) is 78.1 Å².